The minimum Gasteiger partial charge on any atom is -0.492 e. The monoisotopic (exact) mass is 303 g/mol. The minimum absolute atomic E-state index is 0.649. The number of benzene rings is 1. The van der Waals surface area contributed by atoms with Crippen LogP contribution in [0.4, 0.5) is 0 Å². The van der Waals surface area contributed by atoms with E-state index in [1.54, 1.807) is 0 Å². The van der Waals surface area contributed by atoms with E-state index in [0.29, 0.717) is 10.9 Å². The molecule has 0 radical (unpaired) electrons. The van der Waals surface area contributed by atoms with Crippen molar-refractivity contribution in [2.75, 3.05) is 19.7 Å². The van der Waals surface area contributed by atoms with Gasteiger partial charge in [0, 0.05) is 4.47 Å². The number of ether oxygens (including phenoxy) is 1. The highest BCUT2D eigenvalue weighted by atomic mass is 79.9. The van der Waals surface area contributed by atoms with Gasteiger partial charge in [0.2, 0.25) is 0 Å². The summed E-state index contributed by atoms with van der Waals surface area (Å²) in [7, 11) is 0. The largest absolute Gasteiger partial charge is 0.492 e. The fourth-order valence-corrected chi connectivity index (χ4v) is 2.38. The number of hydrogen-bond acceptors (Lipinski definition) is 2. The smallest absolute Gasteiger partial charge is 0.139 e. The number of hydrogen-bond donors (Lipinski definition) is 1. The summed E-state index contributed by atoms with van der Waals surface area (Å²) < 4.78 is 6.65. The van der Waals surface area contributed by atoms with Crippen molar-refractivity contribution in [1.29, 1.82) is 0 Å². The van der Waals surface area contributed by atoms with Crippen LogP contribution in [0.5, 0.6) is 5.75 Å². The number of halogens is 2. The Balaban J connectivity index is 1.91. The van der Waals surface area contributed by atoms with Crippen LogP contribution in [0.1, 0.15) is 12.8 Å². The SMILES string of the molecule is Clc1c(Br)cccc1OCC1CCNCC1. The number of nitrogens with one attached hydrogen (secondary N) is 1. The van der Waals surface area contributed by atoms with Crippen molar-refractivity contribution in [2.24, 2.45) is 5.92 Å². The highest BCUT2D eigenvalue weighted by Gasteiger charge is 2.14. The van der Waals surface area contributed by atoms with Crippen LogP contribution in [0, 0.1) is 5.92 Å². The van der Waals surface area contributed by atoms with E-state index in [1.165, 1.54) is 12.8 Å². The summed E-state index contributed by atoms with van der Waals surface area (Å²) in [6.07, 6.45) is 2.37. The lowest BCUT2D eigenvalue weighted by atomic mass is 9.99. The molecule has 4 heteroatoms. The van der Waals surface area contributed by atoms with Crippen molar-refractivity contribution in [3.63, 3.8) is 0 Å². The van der Waals surface area contributed by atoms with Gasteiger partial charge in [-0.25, -0.2) is 0 Å². The normalized spacial score (nSPS) is 17.4. The molecular weight excluding hydrogens is 289 g/mol. The molecule has 88 valence electrons. The molecule has 0 unspecified atom stereocenters. The van der Waals surface area contributed by atoms with Crippen LogP contribution in [-0.2, 0) is 0 Å². The fraction of sp³-hybridized carbons (Fsp3) is 0.500. The van der Waals surface area contributed by atoms with Crippen molar-refractivity contribution >= 4 is 27.5 Å². The third-order valence-electron chi connectivity index (χ3n) is 2.85. The molecule has 2 nitrogen and oxygen atoms in total. The van der Waals surface area contributed by atoms with E-state index >= 15 is 0 Å². The van der Waals surface area contributed by atoms with Gasteiger partial charge in [-0.1, -0.05) is 17.7 Å². The lowest BCUT2D eigenvalue weighted by Crippen LogP contribution is -2.30. The van der Waals surface area contributed by atoms with Crippen molar-refractivity contribution in [1.82, 2.24) is 5.32 Å². The molecule has 1 aromatic rings. The van der Waals surface area contributed by atoms with Gasteiger partial charge in [-0.2, -0.15) is 0 Å². The van der Waals surface area contributed by atoms with Crippen LogP contribution in [0.25, 0.3) is 0 Å². The summed E-state index contributed by atoms with van der Waals surface area (Å²) in [5, 5.41) is 4.01. The van der Waals surface area contributed by atoms with Crippen LogP contribution in [0.2, 0.25) is 5.02 Å². The zero-order valence-corrected chi connectivity index (χ0v) is 11.4. The molecule has 0 spiro atoms. The van der Waals surface area contributed by atoms with Gasteiger partial charge >= 0.3 is 0 Å². The maximum Gasteiger partial charge on any atom is 0.139 e. The minimum atomic E-state index is 0.649. The van der Waals surface area contributed by atoms with Gasteiger partial charge in [-0.05, 0) is 59.9 Å². The summed E-state index contributed by atoms with van der Waals surface area (Å²) >= 11 is 9.52. The first-order chi connectivity index (χ1) is 7.77. The van der Waals surface area contributed by atoms with Gasteiger partial charge in [-0.15, -0.1) is 0 Å². The molecule has 16 heavy (non-hydrogen) atoms. The quantitative estimate of drug-likeness (QED) is 0.923. The molecule has 0 amide bonds. The third-order valence-corrected chi connectivity index (χ3v) is 4.13. The Hall–Kier alpha value is -0.250. The lowest BCUT2D eigenvalue weighted by molar-refractivity contribution is 0.215. The van der Waals surface area contributed by atoms with Crippen LogP contribution in [0.3, 0.4) is 0 Å². The summed E-state index contributed by atoms with van der Waals surface area (Å²) in [5.41, 5.74) is 0. The van der Waals surface area contributed by atoms with Gasteiger partial charge in [-0.3, -0.25) is 0 Å². The molecule has 0 atom stereocenters. The highest BCUT2D eigenvalue weighted by Crippen LogP contribution is 2.32. The van der Waals surface area contributed by atoms with Crippen LogP contribution < -0.4 is 10.1 Å². The van der Waals surface area contributed by atoms with Gasteiger partial charge in [0.25, 0.3) is 0 Å². The van der Waals surface area contributed by atoms with Crippen LogP contribution in [-0.4, -0.2) is 19.7 Å². The molecule has 0 bridgehead atoms. The highest BCUT2D eigenvalue weighted by molar-refractivity contribution is 9.10. The van der Waals surface area contributed by atoms with Gasteiger partial charge < -0.3 is 10.1 Å². The molecule has 0 aliphatic carbocycles. The van der Waals surface area contributed by atoms with E-state index in [1.807, 2.05) is 18.2 Å². The topological polar surface area (TPSA) is 21.3 Å². The van der Waals surface area contributed by atoms with E-state index in [9.17, 15) is 0 Å². The molecule has 1 heterocycles. The first kappa shape index (κ1) is 12.2. The van der Waals surface area contributed by atoms with E-state index in [4.69, 9.17) is 16.3 Å². The summed E-state index contributed by atoms with van der Waals surface area (Å²) in [6, 6.07) is 5.77. The molecule has 1 fully saturated rings. The van der Waals surface area contributed by atoms with Crippen molar-refractivity contribution in [3.05, 3.63) is 27.7 Å². The predicted octanol–water partition coefficient (Wildman–Crippen LogP) is 3.48. The fourth-order valence-electron chi connectivity index (χ4n) is 1.85. The Kier molecular flexibility index (Phi) is 4.50. The molecule has 1 saturated heterocycles. The van der Waals surface area contributed by atoms with E-state index in [0.717, 1.165) is 29.9 Å². The zero-order valence-electron chi connectivity index (χ0n) is 9.01. The standard InChI is InChI=1S/C12H15BrClNO/c13-10-2-1-3-11(12(10)14)16-8-9-4-6-15-7-5-9/h1-3,9,15H,4-8H2. The first-order valence-corrected chi connectivity index (χ1v) is 6.72. The second-order valence-electron chi connectivity index (χ2n) is 4.06. The Bertz CT molecular complexity index is 353. The van der Waals surface area contributed by atoms with E-state index < -0.39 is 0 Å². The Morgan fingerprint density at radius 3 is 2.88 bits per heavy atom. The lowest BCUT2D eigenvalue weighted by Gasteiger charge is -2.22. The second kappa shape index (κ2) is 5.89. The average molecular weight is 305 g/mol. The molecule has 1 aromatic carbocycles. The molecule has 1 aliphatic heterocycles. The molecule has 0 aromatic heterocycles. The summed E-state index contributed by atoms with van der Waals surface area (Å²) in [6.45, 7) is 2.96. The first-order valence-electron chi connectivity index (χ1n) is 5.55. The van der Waals surface area contributed by atoms with E-state index in [2.05, 4.69) is 21.2 Å². The predicted molar refractivity (Wildman–Crippen MR) is 70.2 cm³/mol. The Morgan fingerprint density at radius 1 is 1.38 bits per heavy atom. The van der Waals surface area contributed by atoms with Gasteiger partial charge in [0.05, 0.1) is 11.6 Å². The molecule has 2 rings (SSSR count). The third kappa shape index (κ3) is 3.12. The van der Waals surface area contributed by atoms with Crippen molar-refractivity contribution in [2.45, 2.75) is 12.8 Å². The zero-order chi connectivity index (χ0) is 11.4. The maximum absolute atomic E-state index is 6.13. The molecular formula is C12H15BrClNO. The molecule has 1 N–H and O–H groups in total. The average Bonchev–Trinajstić information content (AvgIpc) is 2.32. The van der Waals surface area contributed by atoms with Gasteiger partial charge in [0.15, 0.2) is 0 Å². The van der Waals surface area contributed by atoms with Crippen molar-refractivity contribution in [3.8, 4) is 5.75 Å². The van der Waals surface area contributed by atoms with Crippen molar-refractivity contribution < 1.29 is 4.74 Å². The second-order valence-corrected chi connectivity index (χ2v) is 5.29. The van der Waals surface area contributed by atoms with Crippen LogP contribution in [0.15, 0.2) is 22.7 Å². The molecule has 0 saturated carbocycles. The maximum atomic E-state index is 6.13. The number of piperidine rings is 1. The Labute approximate surface area is 109 Å². The Morgan fingerprint density at radius 2 is 2.12 bits per heavy atom. The number of rotatable bonds is 3. The summed E-state index contributed by atoms with van der Waals surface area (Å²) in [4.78, 5) is 0. The van der Waals surface area contributed by atoms with Crippen LogP contribution >= 0.6 is 27.5 Å². The van der Waals surface area contributed by atoms with Gasteiger partial charge in [0.1, 0.15) is 5.75 Å². The van der Waals surface area contributed by atoms with E-state index in [-0.39, 0.29) is 0 Å². The summed E-state index contributed by atoms with van der Waals surface area (Å²) in [5.74, 6) is 1.42. The molecule has 1 aliphatic rings.